The summed E-state index contributed by atoms with van der Waals surface area (Å²) in [5, 5.41) is 0. The number of allylic oxidation sites excluding steroid dienone is 3. The average Bonchev–Trinajstić information content (AvgIpc) is 3.28. The van der Waals surface area contributed by atoms with Gasteiger partial charge in [0.15, 0.2) is 5.58 Å². The standard InChI is InChI=1S/C25H28N6O/c1-18-7-10-26-23-6-5-19(17-31(18)23)20-15-22-24(27-16-20)28-25(32-22)30-13-8-21(9-14-30)29-11-3-2-4-12-29/h5-7,10,15-17,21H,1-4,8-9,11-14H2. The Morgan fingerprint density at radius 1 is 1.00 bits per heavy atom. The van der Waals surface area contributed by atoms with E-state index in [1.807, 2.05) is 41.6 Å². The summed E-state index contributed by atoms with van der Waals surface area (Å²) in [6.45, 7) is 8.59. The lowest BCUT2D eigenvalue weighted by Crippen LogP contribution is -2.46. The monoisotopic (exact) mass is 428 g/mol. The topological polar surface area (TPSA) is 61.0 Å². The molecule has 0 saturated carbocycles. The molecular formula is C25H28N6O. The zero-order valence-corrected chi connectivity index (χ0v) is 18.3. The molecule has 0 aliphatic carbocycles. The van der Waals surface area contributed by atoms with Crippen molar-refractivity contribution in [1.29, 1.82) is 0 Å². The fourth-order valence-corrected chi connectivity index (χ4v) is 5.09. The Hall–Kier alpha value is -3.19. The molecule has 32 heavy (non-hydrogen) atoms. The van der Waals surface area contributed by atoms with Crippen molar-refractivity contribution in [2.24, 2.45) is 4.99 Å². The van der Waals surface area contributed by atoms with Crippen LogP contribution < -0.4 is 4.90 Å². The molecule has 0 radical (unpaired) electrons. The van der Waals surface area contributed by atoms with Gasteiger partial charge in [0.05, 0.1) is 0 Å². The third-order valence-electron chi connectivity index (χ3n) is 6.92. The Morgan fingerprint density at radius 2 is 1.84 bits per heavy atom. The number of rotatable bonds is 3. The van der Waals surface area contributed by atoms with Crippen LogP contribution >= 0.6 is 0 Å². The van der Waals surface area contributed by atoms with E-state index in [1.54, 1.807) is 6.20 Å². The zero-order valence-electron chi connectivity index (χ0n) is 18.3. The summed E-state index contributed by atoms with van der Waals surface area (Å²) >= 11 is 0. The van der Waals surface area contributed by atoms with E-state index in [-0.39, 0.29) is 0 Å². The van der Waals surface area contributed by atoms with Crippen LogP contribution in [0, 0.1) is 0 Å². The van der Waals surface area contributed by atoms with Crippen molar-refractivity contribution >= 4 is 28.7 Å². The third-order valence-corrected chi connectivity index (χ3v) is 6.92. The highest BCUT2D eigenvalue weighted by molar-refractivity contribution is 6.02. The molecule has 0 aromatic carbocycles. The molecule has 164 valence electrons. The van der Waals surface area contributed by atoms with Crippen molar-refractivity contribution in [3.8, 4) is 0 Å². The van der Waals surface area contributed by atoms with Gasteiger partial charge in [-0.05, 0) is 63.1 Å². The predicted molar refractivity (Wildman–Crippen MR) is 127 cm³/mol. The number of oxazole rings is 1. The van der Waals surface area contributed by atoms with Gasteiger partial charge in [-0.2, -0.15) is 4.98 Å². The molecule has 0 spiro atoms. The van der Waals surface area contributed by atoms with Crippen LogP contribution in [-0.2, 0) is 0 Å². The van der Waals surface area contributed by atoms with E-state index in [9.17, 15) is 0 Å². The second-order valence-electron chi connectivity index (χ2n) is 8.94. The summed E-state index contributed by atoms with van der Waals surface area (Å²) < 4.78 is 6.17. The van der Waals surface area contributed by atoms with Crippen molar-refractivity contribution in [3.05, 3.63) is 60.7 Å². The molecule has 0 unspecified atom stereocenters. The van der Waals surface area contributed by atoms with E-state index in [0.29, 0.717) is 17.7 Å². The number of amidine groups is 1. The first kappa shape index (κ1) is 19.5. The molecule has 0 atom stereocenters. The summed E-state index contributed by atoms with van der Waals surface area (Å²) in [4.78, 5) is 20.6. The minimum absolute atomic E-state index is 0.662. The summed E-state index contributed by atoms with van der Waals surface area (Å²) in [6.07, 6.45) is 18.0. The second kappa shape index (κ2) is 8.06. The fourth-order valence-electron chi connectivity index (χ4n) is 5.09. The Kier molecular flexibility index (Phi) is 4.91. The number of hydrogen-bond acceptors (Lipinski definition) is 7. The third kappa shape index (κ3) is 3.56. The molecule has 2 fully saturated rings. The lowest BCUT2D eigenvalue weighted by atomic mass is 10.0. The number of aliphatic imine (C=N–C) groups is 1. The number of piperidine rings is 2. The minimum atomic E-state index is 0.662. The highest BCUT2D eigenvalue weighted by Crippen LogP contribution is 2.30. The molecule has 7 nitrogen and oxygen atoms in total. The number of aromatic nitrogens is 2. The number of likely N-dealkylation sites (tertiary alicyclic amines) is 1. The maximum absolute atomic E-state index is 6.17. The van der Waals surface area contributed by atoms with Gasteiger partial charge >= 0.3 is 0 Å². The van der Waals surface area contributed by atoms with Gasteiger partial charge in [-0.3, -0.25) is 0 Å². The molecular weight excluding hydrogens is 400 g/mol. The Balaban J connectivity index is 1.19. The first-order valence-electron chi connectivity index (χ1n) is 11.6. The molecule has 4 aliphatic rings. The molecule has 0 N–H and O–H groups in total. The molecule has 2 aromatic heterocycles. The van der Waals surface area contributed by atoms with Gasteiger partial charge in [0.25, 0.3) is 6.01 Å². The summed E-state index contributed by atoms with van der Waals surface area (Å²) in [6, 6.07) is 3.43. The molecule has 2 aromatic rings. The van der Waals surface area contributed by atoms with Crippen molar-refractivity contribution in [2.45, 2.75) is 38.1 Å². The van der Waals surface area contributed by atoms with Crippen LogP contribution in [0.2, 0.25) is 0 Å². The van der Waals surface area contributed by atoms with Crippen LogP contribution in [0.3, 0.4) is 0 Å². The van der Waals surface area contributed by atoms with Gasteiger partial charge in [0.1, 0.15) is 5.84 Å². The van der Waals surface area contributed by atoms with E-state index in [1.165, 1.54) is 45.2 Å². The number of anilines is 1. The number of pyridine rings is 1. The highest BCUT2D eigenvalue weighted by Gasteiger charge is 2.27. The van der Waals surface area contributed by atoms with Crippen molar-refractivity contribution in [3.63, 3.8) is 0 Å². The number of fused-ring (bicyclic) bond motifs is 2. The maximum atomic E-state index is 6.17. The lowest BCUT2D eigenvalue weighted by molar-refractivity contribution is 0.140. The number of nitrogens with zero attached hydrogens (tertiary/aromatic N) is 6. The van der Waals surface area contributed by atoms with Crippen LogP contribution in [0.15, 0.2) is 64.6 Å². The fraction of sp³-hybridized carbons (Fsp3) is 0.400. The van der Waals surface area contributed by atoms with Crippen LogP contribution in [0.5, 0.6) is 0 Å². The summed E-state index contributed by atoms with van der Waals surface area (Å²) in [5.74, 6) is 0.866. The zero-order chi connectivity index (χ0) is 21.5. The summed E-state index contributed by atoms with van der Waals surface area (Å²) in [7, 11) is 0. The van der Waals surface area contributed by atoms with Crippen molar-refractivity contribution in [2.75, 3.05) is 31.1 Å². The van der Waals surface area contributed by atoms with Gasteiger partial charge in [-0.25, -0.2) is 9.98 Å². The van der Waals surface area contributed by atoms with Gasteiger partial charge < -0.3 is 19.1 Å². The lowest BCUT2D eigenvalue weighted by Gasteiger charge is -2.39. The van der Waals surface area contributed by atoms with Crippen LogP contribution in [0.1, 0.15) is 37.7 Å². The Labute approximate surface area is 188 Å². The van der Waals surface area contributed by atoms with E-state index in [0.717, 1.165) is 41.3 Å². The van der Waals surface area contributed by atoms with E-state index in [4.69, 9.17) is 4.42 Å². The van der Waals surface area contributed by atoms with Crippen molar-refractivity contribution in [1.82, 2.24) is 19.8 Å². The maximum Gasteiger partial charge on any atom is 0.299 e. The molecule has 7 heteroatoms. The minimum Gasteiger partial charge on any atom is -0.422 e. The Morgan fingerprint density at radius 3 is 2.69 bits per heavy atom. The highest BCUT2D eigenvalue weighted by atomic mass is 16.4. The molecule has 4 aliphatic heterocycles. The predicted octanol–water partition coefficient (Wildman–Crippen LogP) is 4.33. The first-order valence-corrected chi connectivity index (χ1v) is 11.6. The van der Waals surface area contributed by atoms with Crippen molar-refractivity contribution < 1.29 is 4.42 Å². The van der Waals surface area contributed by atoms with E-state index >= 15 is 0 Å². The van der Waals surface area contributed by atoms with Gasteiger partial charge in [-0.15, -0.1) is 0 Å². The van der Waals surface area contributed by atoms with Crippen LogP contribution in [-0.4, -0.2) is 57.8 Å². The van der Waals surface area contributed by atoms with E-state index in [2.05, 4.69) is 31.3 Å². The quantitative estimate of drug-likeness (QED) is 0.725. The second-order valence-corrected chi connectivity index (χ2v) is 8.94. The molecule has 2 saturated heterocycles. The smallest absolute Gasteiger partial charge is 0.299 e. The average molecular weight is 429 g/mol. The summed E-state index contributed by atoms with van der Waals surface area (Å²) in [5.41, 5.74) is 4.30. The molecule has 6 rings (SSSR count). The largest absolute Gasteiger partial charge is 0.422 e. The molecule has 0 amide bonds. The van der Waals surface area contributed by atoms with E-state index < -0.39 is 0 Å². The van der Waals surface area contributed by atoms with Crippen LogP contribution in [0.4, 0.5) is 6.01 Å². The molecule has 0 bridgehead atoms. The van der Waals surface area contributed by atoms with Gasteiger partial charge in [0, 0.05) is 54.6 Å². The van der Waals surface area contributed by atoms with Gasteiger partial charge in [0.2, 0.25) is 5.65 Å². The normalized spacial score (nSPS) is 22.3. The Bertz CT molecular complexity index is 1160. The first-order chi connectivity index (χ1) is 15.7. The van der Waals surface area contributed by atoms with Gasteiger partial charge in [-0.1, -0.05) is 13.0 Å². The number of hydrogen-bond donors (Lipinski definition) is 0. The van der Waals surface area contributed by atoms with Crippen LogP contribution in [0.25, 0.3) is 16.8 Å². The SMILES string of the molecule is C=C1C=CN=C2C=CC(c3cnc4nc(N5CCC(N6CCCCC6)CC5)oc4c3)=CN12. The molecule has 6 heterocycles.